The zero-order chi connectivity index (χ0) is 8.27. The average molecular weight is 254 g/mol. The maximum Gasteiger partial charge on any atom is 0.151 e. The Morgan fingerprint density at radius 2 is 2.64 bits per heavy atom. The molecule has 0 aliphatic heterocycles. The topological polar surface area (TPSA) is 33.1 Å². The second-order valence-corrected chi connectivity index (χ2v) is 5.40. The fourth-order valence-electron chi connectivity index (χ4n) is 0.502. The van der Waals surface area contributed by atoms with E-state index in [2.05, 4.69) is 20.9 Å². The van der Waals surface area contributed by atoms with Crippen LogP contribution in [0.25, 0.3) is 0 Å². The van der Waals surface area contributed by atoms with E-state index in [1.807, 2.05) is 12.3 Å². The molecule has 0 aliphatic rings. The molecule has 1 N–H and O–H groups in total. The summed E-state index contributed by atoms with van der Waals surface area (Å²) in [5.74, 6) is 0. The van der Waals surface area contributed by atoms with Gasteiger partial charge in [-0.05, 0) is 15.9 Å². The molecule has 1 aromatic rings. The zero-order valence-electron chi connectivity index (χ0n) is 5.95. The minimum atomic E-state index is 0.196. The van der Waals surface area contributed by atoms with Crippen LogP contribution in [0.5, 0.6) is 0 Å². The highest BCUT2D eigenvalue weighted by molar-refractivity contribution is 9.10. The Kier molecular flexibility index (Phi) is 3.84. The van der Waals surface area contributed by atoms with E-state index < -0.39 is 0 Å². The van der Waals surface area contributed by atoms with E-state index in [0.29, 0.717) is 0 Å². The lowest BCUT2D eigenvalue weighted by atomic mass is 10.5. The van der Waals surface area contributed by atoms with Crippen molar-refractivity contribution in [3.05, 3.63) is 9.98 Å². The second-order valence-electron chi connectivity index (χ2n) is 2.05. The first kappa shape index (κ1) is 9.51. The first-order valence-electron chi connectivity index (χ1n) is 3.11. The summed E-state index contributed by atoms with van der Waals surface area (Å²) in [5, 5.41) is 10.9. The maximum absolute atomic E-state index is 8.75. The van der Waals surface area contributed by atoms with Crippen molar-refractivity contribution in [1.29, 1.82) is 0 Å². The highest BCUT2D eigenvalue weighted by Crippen LogP contribution is 2.27. The standard InChI is InChI=1S/C6H8BrNOS2/c1-4(2-9)11-6-8-5(7)3-10-6/h3-4,9H,2H2,1H3. The summed E-state index contributed by atoms with van der Waals surface area (Å²) in [6.45, 7) is 2.17. The number of hydrogen-bond acceptors (Lipinski definition) is 4. The third-order valence-electron chi connectivity index (χ3n) is 1.01. The highest BCUT2D eigenvalue weighted by Gasteiger charge is 2.05. The molecule has 1 unspecified atom stereocenters. The van der Waals surface area contributed by atoms with Gasteiger partial charge in [-0.1, -0.05) is 18.7 Å². The molecule has 1 atom stereocenters. The van der Waals surface area contributed by atoms with Gasteiger partial charge in [-0.3, -0.25) is 0 Å². The number of thiazole rings is 1. The van der Waals surface area contributed by atoms with Crippen molar-refractivity contribution in [2.24, 2.45) is 0 Å². The van der Waals surface area contributed by atoms with Crippen LogP contribution in [0.1, 0.15) is 6.92 Å². The van der Waals surface area contributed by atoms with Crippen molar-refractivity contribution in [3.8, 4) is 0 Å². The van der Waals surface area contributed by atoms with Crippen LogP contribution < -0.4 is 0 Å². The van der Waals surface area contributed by atoms with Crippen molar-refractivity contribution in [1.82, 2.24) is 4.98 Å². The molecule has 0 fully saturated rings. The molecule has 0 bridgehead atoms. The minimum absolute atomic E-state index is 0.196. The van der Waals surface area contributed by atoms with E-state index in [0.717, 1.165) is 8.94 Å². The Hall–Kier alpha value is 0.420. The quantitative estimate of drug-likeness (QED) is 0.841. The molecule has 0 aromatic carbocycles. The van der Waals surface area contributed by atoms with Crippen molar-refractivity contribution in [2.45, 2.75) is 16.5 Å². The predicted octanol–water partition coefficient (Wildman–Crippen LogP) is 2.38. The summed E-state index contributed by atoms with van der Waals surface area (Å²) in [5.41, 5.74) is 0. The summed E-state index contributed by atoms with van der Waals surface area (Å²) < 4.78 is 1.87. The van der Waals surface area contributed by atoms with Crippen LogP contribution >= 0.6 is 39.0 Å². The first-order valence-corrected chi connectivity index (χ1v) is 5.66. The molecule has 0 aliphatic carbocycles. The van der Waals surface area contributed by atoms with Gasteiger partial charge in [0.2, 0.25) is 0 Å². The van der Waals surface area contributed by atoms with Crippen LogP contribution in [-0.2, 0) is 0 Å². The van der Waals surface area contributed by atoms with E-state index in [-0.39, 0.29) is 11.9 Å². The van der Waals surface area contributed by atoms with Crippen LogP contribution in [0.15, 0.2) is 14.3 Å². The van der Waals surface area contributed by atoms with Gasteiger partial charge in [0.1, 0.15) is 4.60 Å². The van der Waals surface area contributed by atoms with Gasteiger partial charge in [0.05, 0.1) is 6.61 Å². The van der Waals surface area contributed by atoms with E-state index in [4.69, 9.17) is 5.11 Å². The second kappa shape index (κ2) is 4.45. The Morgan fingerprint density at radius 1 is 1.91 bits per heavy atom. The molecule has 5 heteroatoms. The van der Waals surface area contributed by atoms with Crippen molar-refractivity contribution < 1.29 is 5.11 Å². The molecule has 0 radical (unpaired) electrons. The van der Waals surface area contributed by atoms with Crippen molar-refractivity contribution >= 4 is 39.0 Å². The molecule has 0 saturated carbocycles. The van der Waals surface area contributed by atoms with Crippen LogP contribution in [0.3, 0.4) is 0 Å². The Balaban J connectivity index is 2.50. The molecular weight excluding hydrogens is 246 g/mol. The van der Waals surface area contributed by atoms with Crippen LogP contribution in [-0.4, -0.2) is 21.9 Å². The Morgan fingerprint density at radius 3 is 3.09 bits per heavy atom. The van der Waals surface area contributed by atoms with E-state index >= 15 is 0 Å². The number of aromatic nitrogens is 1. The summed E-state index contributed by atoms with van der Waals surface area (Å²) in [6.07, 6.45) is 0. The van der Waals surface area contributed by atoms with Gasteiger partial charge in [-0.25, -0.2) is 4.98 Å². The van der Waals surface area contributed by atoms with E-state index in [1.165, 1.54) is 0 Å². The molecule has 1 heterocycles. The molecule has 0 spiro atoms. The number of halogens is 1. The van der Waals surface area contributed by atoms with Gasteiger partial charge in [-0.2, -0.15) is 0 Å². The van der Waals surface area contributed by atoms with Gasteiger partial charge in [0, 0.05) is 10.6 Å². The normalized spacial score (nSPS) is 13.4. The molecule has 2 nitrogen and oxygen atoms in total. The third kappa shape index (κ3) is 3.11. The van der Waals surface area contributed by atoms with Gasteiger partial charge in [0.15, 0.2) is 4.34 Å². The monoisotopic (exact) mass is 253 g/mol. The van der Waals surface area contributed by atoms with Crippen LogP contribution in [0.4, 0.5) is 0 Å². The van der Waals surface area contributed by atoms with Gasteiger partial charge < -0.3 is 5.11 Å². The molecule has 11 heavy (non-hydrogen) atoms. The summed E-state index contributed by atoms with van der Waals surface area (Å²) in [7, 11) is 0. The largest absolute Gasteiger partial charge is 0.395 e. The summed E-state index contributed by atoms with van der Waals surface area (Å²) in [4.78, 5) is 4.19. The van der Waals surface area contributed by atoms with Gasteiger partial charge in [-0.15, -0.1) is 11.3 Å². The predicted molar refractivity (Wildman–Crippen MR) is 52.2 cm³/mol. The van der Waals surface area contributed by atoms with Crippen LogP contribution in [0, 0.1) is 0 Å². The molecule has 1 aromatic heterocycles. The lowest BCUT2D eigenvalue weighted by Crippen LogP contribution is -2.00. The fraction of sp³-hybridized carbons (Fsp3) is 0.500. The van der Waals surface area contributed by atoms with E-state index in [9.17, 15) is 0 Å². The number of rotatable bonds is 3. The fourth-order valence-corrected chi connectivity index (χ4v) is 3.03. The number of nitrogens with zero attached hydrogens (tertiary/aromatic N) is 1. The smallest absolute Gasteiger partial charge is 0.151 e. The third-order valence-corrected chi connectivity index (χ3v) is 3.78. The minimum Gasteiger partial charge on any atom is -0.395 e. The molecule has 62 valence electrons. The zero-order valence-corrected chi connectivity index (χ0v) is 9.17. The van der Waals surface area contributed by atoms with Crippen molar-refractivity contribution in [2.75, 3.05) is 6.61 Å². The van der Waals surface area contributed by atoms with Gasteiger partial charge >= 0.3 is 0 Å². The van der Waals surface area contributed by atoms with E-state index in [1.54, 1.807) is 23.1 Å². The first-order chi connectivity index (χ1) is 5.22. The van der Waals surface area contributed by atoms with Crippen LogP contribution in [0.2, 0.25) is 0 Å². The molecular formula is C6H8BrNOS2. The highest BCUT2D eigenvalue weighted by atomic mass is 79.9. The number of thioether (sulfide) groups is 1. The lowest BCUT2D eigenvalue weighted by molar-refractivity contribution is 0.300. The average Bonchev–Trinajstić information content (AvgIpc) is 2.35. The molecule has 0 saturated heterocycles. The molecule has 1 rings (SSSR count). The maximum atomic E-state index is 8.75. The summed E-state index contributed by atoms with van der Waals surface area (Å²) in [6, 6.07) is 0. The SMILES string of the molecule is CC(CO)Sc1nc(Br)cs1. The number of aliphatic hydroxyl groups is 1. The van der Waals surface area contributed by atoms with Gasteiger partial charge in [0.25, 0.3) is 0 Å². The Labute approximate surface area is 82.2 Å². The number of aliphatic hydroxyl groups excluding tert-OH is 1. The molecule has 0 amide bonds. The lowest BCUT2D eigenvalue weighted by Gasteiger charge is -2.02. The summed E-state index contributed by atoms with van der Waals surface area (Å²) >= 11 is 6.45. The van der Waals surface area contributed by atoms with Crippen molar-refractivity contribution in [3.63, 3.8) is 0 Å². The number of hydrogen-bond donors (Lipinski definition) is 1. The Bertz CT molecular complexity index is 228.